The van der Waals surface area contributed by atoms with Gasteiger partial charge < -0.3 is 4.90 Å². The van der Waals surface area contributed by atoms with E-state index in [0.717, 1.165) is 17.9 Å². The highest BCUT2D eigenvalue weighted by molar-refractivity contribution is 7.98. The number of anilines is 1. The Labute approximate surface area is 94.1 Å². The highest BCUT2D eigenvalue weighted by Crippen LogP contribution is 2.29. The lowest BCUT2D eigenvalue weighted by Crippen LogP contribution is -2.19. The van der Waals surface area contributed by atoms with Crippen LogP contribution in [0.4, 0.5) is 11.5 Å². The molecule has 0 amide bonds. The quantitative estimate of drug-likeness (QED) is 0.570. The molecule has 0 aliphatic rings. The fraction of sp³-hybridized carbons (Fsp3) is 0.500. The van der Waals surface area contributed by atoms with Crippen molar-refractivity contribution in [3.05, 3.63) is 17.2 Å². The van der Waals surface area contributed by atoms with E-state index in [2.05, 4.69) is 17.1 Å². The van der Waals surface area contributed by atoms with Crippen molar-refractivity contribution < 1.29 is 0 Å². The summed E-state index contributed by atoms with van der Waals surface area (Å²) >= 11 is 1.55. The Balaban J connectivity index is 3.01. The SMILES string of the molecule is CCCN(C)c1ncc(SC)cc1N=O. The van der Waals surface area contributed by atoms with Gasteiger partial charge in [-0.1, -0.05) is 6.92 Å². The summed E-state index contributed by atoms with van der Waals surface area (Å²) < 4.78 is 0. The highest BCUT2D eigenvalue weighted by Gasteiger charge is 2.09. The Morgan fingerprint density at radius 3 is 2.87 bits per heavy atom. The van der Waals surface area contributed by atoms with Crippen molar-refractivity contribution in [2.75, 3.05) is 24.7 Å². The number of nitroso groups, excluding NO2 is 1. The zero-order valence-electron chi connectivity index (χ0n) is 9.23. The van der Waals surface area contributed by atoms with Crippen molar-refractivity contribution in [2.45, 2.75) is 18.2 Å². The number of nitrogens with zero attached hydrogens (tertiary/aromatic N) is 3. The molecule has 1 aromatic rings. The van der Waals surface area contributed by atoms with Crippen LogP contribution in [-0.4, -0.2) is 24.8 Å². The third kappa shape index (κ3) is 2.92. The van der Waals surface area contributed by atoms with Gasteiger partial charge in [0.25, 0.3) is 0 Å². The van der Waals surface area contributed by atoms with E-state index in [1.54, 1.807) is 24.0 Å². The molecule has 0 aliphatic heterocycles. The molecule has 0 spiro atoms. The maximum atomic E-state index is 10.7. The Bertz CT molecular complexity index is 343. The maximum Gasteiger partial charge on any atom is 0.157 e. The van der Waals surface area contributed by atoms with E-state index in [1.165, 1.54) is 0 Å². The number of hydrogen-bond donors (Lipinski definition) is 0. The second-order valence-electron chi connectivity index (χ2n) is 3.23. The molecule has 0 aromatic carbocycles. The Morgan fingerprint density at radius 2 is 2.33 bits per heavy atom. The molecule has 0 N–H and O–H groups in total. The second kappa shape index (κ2) is 5.70. The van der Waals surface area contributed by atoms with Crippen LogP contribution in [0.25, 0.3) is 0 Å². The fourth-order valence-electron chi connectivity index (χ4n) is 1.34. The Morgan fingerprint density at radius 1 is 1.60 bits per heavy atom. The minimum absolute atomic E-state index is 0.415. The van der Waals surface area contributed by atoms with Gasteiger partial charge in [-0.2, -0.15) is 0 Å². The Hall–Kier alpha value is -1.10. The second-order valence-corrected chi connectivity index (χ2v) is 4.11. The number of pyridine rings is 1. The van der Waals surface area contributed by atoms with Crippen molar-refractivity contribution in [3.63, 3.8) is 0 Å². The summed E-state index contributed by atoms with van der Waals surface area (Å²) in [5.41, 5.74) is 0.415. The average Bonchev–Trinajstić information content (AvgIpc) is 2.28. The van der Waals surface area contributed by atoms with E-state index in [-0.39, 0.29) is 0 Å². The van der Waals surface area contributed by atoms with Gasteiger partial charge in [0.2, 0.25) is 0 Å². The van der Waals surface area contributed by atoms with Crippen LogP contribution >= 0.6 is 11.8 Å². The highest BCUT2D eigenvalue weighted by atomic mass is 32.2. The molecular formula is C10H15N3OS. The van der Waals surface area contributed by atoms with Gasteiger partial charge in [0.15, 0.2) is 11.5 Å². The van der Waals surface area contributed by atoms with Crippen LogP contribution in [0.1, 0.15) is 13.3 Å². The molecule has 0 aliphatic carbocycles. The van der Waals surface area contributed by atoms with Crippen LogP contribution in [0.5, 0.6) is 0 Å². The van der Waals surface area contributed by atoms with Crippen LogP contribution in [0.15, 0.2) is 22.3 Å². The summed E-state index contributed by atoms with van der Waals surface area (Å²) in [5, 5.41) is 3.01. The van der Waals surface area contributed by atoms with Crippen molar-refractivity contribution in [2.24, 2.45) is 5.18 Å². The molecule has 15 heavy (non-hydrogen) atoms. The van der Waals surface area contributed by atoms with Crippen LogP contribution < -0.4 is 4.90 Å². The Kier molecular flexibility index (Phi) is 4.55. The number of rotatable bonds is 5. The van der Waals surface area contributed by atoms with E-state index in [4.69, 9.17) is 0 Å². The lowest BCUT2D eigenvalue weighted by atomic mass is 10.3. The summed E-state index contributed by atoms with van der Waals surface area (Å²) in [5.74, 6) is 0.657. The molecule has 1 rings (SSSR count). The van der Waals surface area contributed by atoms with Gasteiger partial charge in [0.05, 0.1) is 0 Å². The van der Waals surface area contributed by atoms with Crippen LogP contribution in [0, 0.1) is 4.91 Å². The average molecular weight is 225 g/mol. The smallest absolute Gasteiger partial charge is 0.157 e. The standard InChI is InChI=1S/C10H15N3OS/c1-4-5-13(2)10-9(12-14)6-8(15-3)7-11-10/h6-7H,4-5H2,1-3H3. The first-order valence-electron chi connectivity index (χ1n) is 4.81. The number of hydrogen-bond acceptors (Lipinski definition) is 5. The molecule has 1 heterocycles. The lowest BCUT2D eigenvalue weighted by molar-refractivity contribution is 0.836. The summed E-state index contributed by atoms with van der Waals surface area (Å²) in [4.78, 5) is 17.8. The molecular weight excluding hydrogens is 210 g/mol. The molecule has 0 bridgehead atoms. The first kappa shape index (κ1) is 12.0. The monoisotopic (exact) mass is 225 g/mol. The lowest BCUT2D eigenvalue weighted by Gasteiger charge is -2.18. The van der Waals surface area contributed by atoms with Crippen molar-refractivity contribution in [1.29, 1.82) is 0 Å². The van der Waals surface area contributed by atoms with Crippen molar-refractivity contribution in [3.8, 4) is 0 Å². The zero-order valence-corrected chi connectivity index (χ0v) is 10.0. The summed E-state index contributed by atoms with van der Waals surface area (Å²) in [6.45, 7) is 2.95. The van der Waals surface area contributed by atoms with E-state index in [1.807, 2.05) is 18.2 Å². The molecule has 0 radical (unpaired) electrons. The van der Waals surface area contributed by atoms with Crippen LogP contribution in [-0.2, 0) is 0 Å². The molecule has 5 heteroatoms. The molecule has 0 unspecified atom stereocenters. The largest absolute Gasteiger partial charge is 0.358 e. The first-order valence-corrected chi connectivity index (χ1v) is 6.04. The number of aromatic nitrogens is 1. The molecule has 4 nitrogen and oxygen atoms in total. The predicted molar refractivity (Wildman–Crippen MR) is 65.0 cm³/mol. The van der Waals surface area contributed by atoms with Crippen molar-refractivity contribution in [1.82, 2.24) is 4.98 Å². The first-order chi connectivity index (χ1) is 7.22. The third-order valence-electron chi connectivity index (χ3n) is 2.08. The van der Waals surface area contributed by atoms with E-state index >= 15 is 0 Å². The van der Waals surface area contributed by atoms with Gasteiger partial charge in [0, 0.05) is 24.7 Å². The van der Waals surface area contributed by atoms with Gasteiger partial charge >= 0.3 is 0 Å². The minimum atomic E-state index is 0.415. The molecule has 0 saturated carbocycles. The van der Waals surface area contributed by atoms with Gasteiger partial charge in [0.1, 0.15) is 0 Å². The summed E-state index contributed by atoms with van der Waals surface area (Å²) in [6.07, 6.45) is 4.72. The topological polar surface area (TPSA) is 45.6 Å². The molecule has 1 aromatic heterocycles. The third-order valence-corrected chi connectivity index (χ3v) is 2.77. The number of thioether (sulfide) groups is 1. The van der Waals surface area contributed by atoms with E-state index < -0.39 is 0 Å². The normalized spacial score (nSPS) is 10.1. The molecule has 82 valence electrons. The van der Waals surface area contributed by atoms with Crippen LogP contribution in [0.3, 0.4) is 0 Å². The van der Waals surface area contributed by atoms with Gasteiger partial charge in [-0.05, 0) is 23.9 Å². The summed E-state index contributed by atoms with van der Waals surface area (Å²) in [7, 11) is 1.92. The van der Waals surface area contributed by atoms with Gasteiger partial charge in [-0.3, -0.25) is 0 Å². The fourth-order valence-corrected chi connectivity index (χ4v) is 1.73. The maximum absolute atomic E-state index is 10.7. The van der Waals surface area contributed by atoms with E-state index in [9.17, 15) is 4.91 Å². The predicted octanol–water partition coefficient (Wildman–Crippen LogP) is 3.05. The van der Waals surface area contributed by atoms with Gasteiger partial charge in [-0.15, -0.1) is 16.7 Å². The summed E-state index contributed by atoms with van der Waals surface area (Å²) in [6, 6.07) is 1.77. The molecule has 0 atom stereocenters. The zero-order chi connectivity index (χ0) is 11.3. The van der Waals surface area contributed by atoms with Gasteiger partial charge in [-0.25, -0.2) is 4.98 Å². The molecule has 0 fully saturated rings. The van der Waals surface area contributed by atoms with Crippen LogP contribution in [0.2, 0.25) is 0 Å². The van der Waals surface area contributed by atoms with E-state index in [0.29, 0.717) is 11.5 Å². The van der Waals surface area contributed by atoms with Crippen molar-refractivity contribution >= 4 is 23.3 Å². The molecule has 0 saturated heterocycles. The minimum Gasteiger partial charge on any atom is -0.358 e.